The third-order valence-electron chi connectivity index (χ3n) is 3.24. The highest BCUT2D eigenvalue weighted by molar-refractivity contribution is 7.17. The molecule has 0 bridgehead atoms. The van der Waals surface area contributed by atoms with Gasteiger partial charge in [0.25, 0.3) is 0 Å². The number of fused-ring (bicyclic) bond motifs is 1. The average molecular weight is 326 g/mol. The van der Waals surface area contributed by atoms with Gasteiger partial charge in [0, 0.05) is 21.0 Å². The lowest BCUT2D eigenvalue weighted by molar-refractivity contribution is 0.627. The first-order valence-corrected chi connectivity index (χ1v) is 7.90. The van der Waals surface area contributed by atoms with Crippen molar-refractivity contribution in [2.75, 3.05) is 0 Å². The van der Waals surface area contributed by atoms with Crippen LogP contribution in [-0.2, 0) is 6.54 Å². The molecule has 0 amide bonds. The molecule has 0 unspecified atom stereocenters. The molecule has 0 fully saturated rings. The maximum Gasteiger partial charge on any atom is 0.209 e. The van der Waals surface area contributed by atoms with Crippen LogP contribution in [0.1, 0.15) is 11.1 Å². The number of hydrogen-bond donors (Lipinski definition) is 2. The molecular formula is C17H15FN4S. The molecule has 0 saturated carbocycles. The zero-order chi connectivity index (χ0) is 16.1. The van der Waals surface area contributed by atoms with Crippen molar-refractivity contribution in [3.8, 4) is 0 Å². The van der Waals surface area contributed by atoms with E-state index in [1.54, 1.807) is 29.7 Å². The van der Waals surface area contributed by atoms with Crippen LogP contribution in [0.25, 0.3) is 10.1 Å². The van der Waals surface area contributed by atoms with Crippen molar-refractivity contribution >= 4 is 33.6 Å². The zero-order valence-electron chi connectivity index (χ0n) is 12.2. The minimum atomic E-state index is -0.267. The fourth-order valence-corrected chi connectivity index (χ4v) is 2.98. The summed E-state index contributed by atoms with van der Waals surface area (Å²) in [6, 6.07) is 14.3. The Morgan fingerprint density at radius 3 is 2.78 bits per heavy atom. The third-order valence-corrected chi connectivity index (χ3v) is 4.22. The molecule has 0 atom stereocenters. The maximum atomic E-state index is 12.8. The number of rotatable bonds is 4. The summed E-state index contributed by atoms with van der Waals surface area (Å²) < 4.78 is 14.0. The summed E-state index contributed by atoms with van der Waals surface area (Å²) in [5.74, 6) is -0.0541. The van der Waals surface area contributed by atoms with Gasteiger partial charge in [0.2, 0.25) is 5.96 Å². The number of guanidine groups is 1. The highest BCUT2D eigenvalue weighted by Crippen LogP contribution is 2.23. The van der Waals surface area contributed by atoms with E-state index in [0.29, 0.717) is 6.54 Å². The summed E-state index contributed by atoms with van der Waals surface area (Å²) in [5, 5.41) is 7.31. The maximum absolute atomic E-state index is 12.8. The minimum Gasteiger partial charge on any atom is -0.369 e. The quantitative estimate of drug-likeness (QED) is 0.438. The van der Waals surface area contributed by atoms with E-state index in [1.165, 1.54) is 16.8 Å². The molecule has 0 radical (unpaired) electrons. The Hall–Kier alpha value is -2.73. The van der Waals surface area contributed by atoms with Gasteiger partial charge in [-0.05, 0) is 23.8 Å². The molecule has 0 aliphatic carbocycles. The van der Waals surface area contributed by atoms with Gasteiger partial charge in [-0.2, -0.15) is 5.10 Å². The number of nitrogens with two attached hydrogens (primary N) is 1. The summed E-state index contributed by atoms with van der Waals surface area (Å²) in [5.41, 5.74) is 10.4. The van der Waals surface area contributed by atoms with Crippen molar-refractivity contribution in [2.45, 2.75) is 6.54 Å². The van der Waals surface area contributed by atoms with Crippen molar-refractivity contribution in [3.05, 3.63) is 70.9 Å². The summed E-state index contributed by atoms with van der Waals surface area (Å²) in [4.78, 5) is 4.15. The van der Waals surface area contributed by atoms with Crippen LogP contribution >= 0.6 is 11.3 Å². The van der Waals surface area contributed by atoms with Crippen molar-refractivity contribution in [1.29, 1.82) is 0 Å². The first-order valence-electron chi connectivity index (χ1n) is 7.02. The number of hydrogen-bond acceptors (Lipinski definition) is 3. The standard InChI is InChI=1S/C17H15FN4S/c18-14-7-5-12(6-8-14)9-20-17(19)22-21-10-13-11-23-16-4-2-1-3-15(13)16/h1-8,10-11H,9H2,(H3,19,20,22)/b21-10+. The van der Waals surface area contributed by atoms with E-state index in [0.717, 1.165) is 16.5 Å². The van der Waals surface area contributed by atoms with E-state index in [2.05, 4.69) is 27.7 Å². The fraction of sp³-hybridized carbons (Fsp3) is 0.0588. The number of thiophene rings is 1. The summed E-state index contributed by atoms with van der Waals surface area (Å²) in [6.07, 6.45) is 1.72. The van der Waals surface area contributed by atoms with Crippen molar-refractivity contribution in [3.63, 3.8) is 0 Å². The smallest absolute Gasteiger partial charge is 0.209 e. The monoisotopic (exact) mass is 326 g/mol. The van der Waals surface area contributed by atoms with E-state index in [-0.39, 0.29) is 11.8 Å². The van der Waals surface area contributed by atoms with Gasteiger partial charge in [0.1, 0.15) is 5.82 Å². The van der Waals surface area contributed by atoms with Crippen LogP contribution < -0.4 is 11.2 Å². The lowest BCUT2D eigenvalue weighted by atomic mass is 10.2. The molecule has 3 aromatic rings. The van der Waals surface area contributed by atoms with Crippen LogP contribution in [0.2, 0.25) is 0 Å². The van der Waals surface area contributed by atoms with Crippen LogP contribution in [0.5, 0.6) is 0 Å². The number of nitrogens with one attached hydrogen (secondary N) is 1. The molecule has 116 valence electrons. The predicted octanol–water partition coefficient (Wildman–Crippen LogP) is 3.48. The van der Waals surface area contributed by atoms with E-state index in [9.17, 15) is 4.39 Å². The molecule has 23 heavy (non-hydrogen) atoms. The lowest BCUT2D eigenvalue weighted by Crippen LogP contribution is -2.27. The SMILES string of the molecule is NC(=NCc1ccc(F)cc1)N/N=C/c1csc2ccccc12. The molecule has 2 aromatic carbocycles. The van der Waals surface area contributed by atoms with Crippen LogP contribution in [0.3, 0.4) is 0 Å². The molecule has 1 heterocycles. The number of hydrazone groups is 1. The van der Waals surface area contributed by atoms with Crippen molar-refractivity contribution < 1.29 is 4.39 Å². The van der Waals surface area contributed by atoms with Crippen LogP contribution in [0.15, 0.2) is 64.0 Å². The second-order valence-corrected chi connectivity index (χ2v) is 5.80. The van der Waals surface area contributed by atoms with Gasteiger partial charge in [-0.25, -0.2) is 14.8 Å². The molecule has 6 heteroatoms. The van der Waals surface area contributed by atoms with Crippen LogP contribution in [0.4, 0.5) is 4.39 Å². The van der Waals surface area contributed by atoms with Crippen LogP contribution in [-0.4, -0.2) is 12.2 Å². The Kier molecular flexibility index (Phi) is 4.63. The van der Waals surface area contributed by atoms with Gasteiger partial charge in [0.15, 0.2) is 0 Å². The summed E-state index contributed by atoms with van der Waals surface area (Å²) >= 11 is 1.67. The van der Waals surface area contributed by atoms with Crippen LogP contribution in [0, 0.1) is 5.82 Å². The number of nitrogens with zero attached hydrogens (tertiary/aromatic N) is 2. The molecule has 0 aliphatic rings. The molecule has 3 rings (SSSR count). The first-order chi connectivity index (χ1) is 11.2. The average Bonchev–Trinajstić information content (AvgIpc) is 2.98. The van der Waals surface area contributed by atoms with E-state index in [1.807, 2.05) is 17.5 Å². The number of benzene rings is 2. The summed E-state index contributed by atoms with van der Waals surface area (Å²) in [7, 11) is 0. The zero-order valence-corrected chi connectivity index (χ0v) is 13.1. The van der Waals surface area contributed by atoms with Crippen molar-refractivity contribution in [2.24, 2.45) is 15.8 Å². The first kappa shape index (κ1) is 15.2. The molecule has 0 saturated heterocycles. The Labute approximate surface area is 137 Å². The molecule has 0 aliphatic heterocycles. The fourth-order valence-electron chi connectivity index (χ4n) is 2.07. The van der Waals surface area contributed by atoms with Gasteiger partial charge >= 0.3 is 0 Å². The third kappa shape index (κ3) is 3.92. The molecule has 4 nitrogen and oxygen atoms in total. The second kappa shape index (κ2) is 7.02. The second-order valence-electron chi connectivity index (χ2n) is 4.89. The Morgan fingerprint density at radius 1 is 1.17 bits per heavy atom. The molecule has 3 N–H and O–H groups in total. The largest absolute Gasteiger partial charge is 0.369 e. The highest BCUT2D eigenvalue weighted by Gasteiger charge is 2.00. The Morgan fingerprint density at radius 2 is 1.96 bits per heavy atom. The lowest BCUT2D eigenvalue weighted by Gasteiger charge is -2.00. The number of halogens is 1. The van der Waals surface area contributed by atoms with Gasteiger partial charge in [-0.15, -0.1) is 11.3 Å². The van der Waals surface area contributed by atoms with Gasteiger partial charge in [-0.3, -0.25) is 0 Å². The predicted molar refractivity (Wildman–Crippen MR) is 94.3 cm³/mol. The number of aliphatic imine (C=N–C) groups is 1. The van der Waals surface area contributed by atoms with E-state index < -0.39 is 0 Å². The Balaban J connectivity index is 1.60. The Bertz CT molecular complexity index is 852. The summed E-state index contributed by atoms with van der Waals surface area (Å²) in [6.45, 7) is 0.371. The van der Waals surface area contributed by atoms with Gasteiger partial charge in [0.05, 0.1) is 12.8 Å². The van der Waals surface area contributed by atoms with Gasteiger partial charge in [-0.1, -0.05) is 30.3 Å². The normalized spacial score (nSPS) is 12.1. The molecule has 1 aromatic heterocycles. The topological polar surface area (TPSA) is 62.8 Å². The molecular weight excluding hydrogens is 311 g/mol. The molecule has 0 spiro atoms. The van der Waals surface area contributed by atoms with Crippen molar-refractivity contribution in [1.82, 2.24) is 5.43 Å². The highest BCUT2D eigenvalue weighted by atomic mass is 32.1. The minimum absolute atomic E-state index is 0.213. The van der Waals surface area contributed by atoms with E-state index in [4.69, 9.17) is 5.73 Å². The van der Waals surface area contributed by atoms with E-state index >= 15 is 0 Å². The van der Waals surface area contributed by atoms with Gasteiger partial charge < -0.3 is 5.73 Å².